The molecule has 0 spiro atoms. The van der Waals surface area contributed by atoms with E-state index in [0.717, 1.165) is 0 Å². The van der Waals surface area contributed by atoms with Crippen LogP contribution in [0.4, 0.5) is 0 Å². The van der Waals surface area contributed by atoms with E-state index in [2.05, 4.69) is 0 Å². The first-order chi connectivity index (χ1) is 2.00. The van der Waals surface area contributed by atoms with Crippen LogP contribution in [0, 0.1) is 41.7 Å². The van der Waals surface area contributed by atoms with Crippen molar-refractivity contribution in [3.63, 3.8) is 0 Å². The standard InChI is InChI=1S/Ce.Cr.2H2O.2O/h;;2*1H2;;/q;+2;;;;/p-2. The first-order valence-corrected chi connectivity index (χ1v) is 2.88. The molecule has 4 nitrogen and oxygen atoms in total. The summed E-state index contributed by atoms with van der Waals surface area (Å²) in [7, 11) is 0. The molecule has 0 saturated heterocycles. The predicted octanol–water partition coefficient (Wildman–Crippen LogP) is -1.35. The number of rotatable bonds is 0. The Labute approximate surface area is 70.3 Å². The minimum atomic E-state index is -5.25. The zero-order chi connectivity index (χ0) is 4.50. The Bertz CT molecular complexity index is 90.7. The molecule has 36 valence electrons. The van der Waals surface area contributed by atoms with Crippen molar-refractivity contribution in [2.75, 3.05) is 0 Å². The molecule has 0 rings (SSSR count). The van der Waals surface area contributed by atoms with Gasteiger partial charge in [0.25, 0.3) is 0 Å². The van der Waals surface area contributed by atoms with E-state index in [1.165, 1.54) is 0 Å². The van der Waals surface area contributed by atoms with Crippen LogP contribution in [0.15, 0.2) is 0 Å². The summed E-state index contributed by atoms with van der Waals surface area (Å²) >= 11 is -5.25. The maximum atomic E-state index is 8.82. The van der Waals surface area contributed by atoms with Crippen LogP contribution >= 0.6 is 0 Å². The van der Waals surface area contributed by atoms with Crippen molar-refractivity contribution in [2.45, 2.75) is 0 Å². The normalized spacial score (nSPS) is 9.67. The topological polar surface area (TPSA) is 74.6 Å². The molecule has 6 heteroatoms. The van der Waals surface area contributed by atoms with Crippen molar-refractivity contribution in [1.82, 2.24) is 0 Å². The van der Waals surface area contributed by atoms with Gasteiger partial charge in [-0.15, -0.1) is 0 Å². The van der Waals surface area contributed by atoms with Crippen molar-refractivity contribution in [3.8, 4) is 0 Å². The van der Waals surface area contributed by atoms with Crippen LogP contribution in [0.25, 0.3) is 0 Å². The van der Waals surface area contributed by atoms with E-state index >= 15 is 0 Å². The summed E-state index contributed by atoms with van der Waals surface area (Å²) in [4.78, 5) is 0. The van der Waals surface area contributed by atoms with Crippen LogP contribution < -0.4 is 0 Å². The van der Waals surface area contributed by atoms with E-state index in [1.54, 1.807) is 0 Å². The average Bonchev–Trinajstić information content (AvgIpc) is 0.722. The second kappa shape index (κ2) is 3.43. The molecule has 0 aliphatic rings. The Morgan fingerprint density at radius 3 is 1.17 bits per heavy atom. The van der Waals surface area contributed by atoms with Crippen LogP contribution in [0.2, 0.25) is 0 Å². The van der Waals surface area contributed by atoms with Crippen LogP contribution in [0.5, 0.6) is 0 Å². The van der Waals surface area contributed by atoms with Crippen LogP contribution in [-0.4, -0.2) is 8.32 Å². The summed E-state index contributed by atoms with van der Waals surface area (Å²) in [6.07, 6.45) is 0. The van der Waals surface area contributed by atoms with Gasteiger partial charge in [-0.2, -0.15) is 0 Å². The SMILES string of the molecule is [Ce].[O]=[Cr](=[O])([OH])[OH]. The molecule has 0 saturated carbocycles. The molecule has 0 aromatic rings. The summed E-state index contributed by atoms with van der Waals surface area (Å²) in [6, 6.07) is 0. The Morgan fingerprint density at radius 1 is 1.17 bits per heavy atom. The summed E-state index contributed by atoms with van der Waals surface area (Å²) in [5, 5.41) is 0. The molecular formula is H2CeCrO4. The van der Waals surface area contributed by atoms with E-state index in [0.29, 0.717) is 0 Å². The van der Waals surface area contributed by atoms with Crippen LogP contribution in [-0.2, 0) is 21.2 Å². The predicted molar refractivity (Wildman–Crippen MR) is 5.81 cm³/mol. The van der Waals surface area contributed by atoms with Gasteiger partial charge in [0.15, 0.2) is 0 Å². The van der Waals surface area contributed by atoms with Crippen molar-refractivity contribution < 1.29 is 71.3 Å². The fourth-order valence-corrected chi connectivity index (χ4v) is 0. The van der Waals surface area contributed by atoms with Crippen molar-refractivity contribution in [2.24, 2.45) is 0 Å². The molecule has 0 unspecified atom stereocenters. The third-order valence-electron chi connectivity index (χ3n) is 0. The second-order valence-electron chi connectivity index (χ2n) is 0.448. The van der Waals surface area contributed by atoms with Crippen molar-refractivity contribution in [3.05, 3.63) is 0 Å². The van der Waals surface area contributed by atoms with Gasteiger partial charge in [-0.25, -0.2) is 0 Å². The molecule has 0 amide bonds. The zero-order valence-electron chi connectivity index (χ0n) is 2.62. The molecule has 6 heavy (non-hydrogen) atoms. The van der Waals surface area contributed by atoms with Crippen LogP contribution in [0.1, 0.15) is 0 Å². The summed E-state index contributed by atoms with van der Waals surface area (Å²) in [5.41, 5.74) is 0. The monoisotopic (exact) mass is 258 g/mol. The zero-order valence-corrected chi connectivity index (χ0v) is 7.03. The summed E-state index contributed by atoms with van der Waals surface area (Å²) in [5.74, 6) is 0. The fourth-order valence-electron chi connectivity index (χ4n) is 0. The van der Waals surface area contributed by atoms with Gasteiger partial charge in [0.2, 0.25) is 0 Å². The van der Waals surface area contributed by atoms with Gasteiger partial charge >= 0.3 is 29.5 Å². The van der Waals surface area contributed by atoms with Crippen LogP contribution in [0.3, 0.4) is 0 Å². The molecule has 0 aliphatic carbocycles. The second-order valence-corrected chi connectivity index (χ2v) is 1.85. The Hall–Kier alpha value is 1.43. The molecule has 0 aromatic heterocycles. The van der Waals surface area contributed by atoms with Gasteiger partial charge in [0, 0.05) is 41.7 Å². The average molecular weight is 258 g/mol. The van der Waals surface area contributed by atoms with E-state index in [1.807, 2.05) is 0 Å². The molecule has 2 N–H and O–H groups in total. The first kappa shape index (κ1) is 10.4. The quantitative estimate of drug-likeness (QED) is 0.563. The molecule has 0 bridgehead atoms. The molecule has 0 heterocycles. The summed E-state index contributed by atoms with van der Waals surface area (Å²) in [6.45, 7) is 0. The van der Waals surface area contributed by atoms with Gasteiger partial charge < -0.3 is 0 Å². The van der Waals surface area contributed by atoms with E-state index in [4.69, 9.17) is 15.9 Å². The summed E-state index contributed by atoms with van der Waals surface area (Å²) < 4.78 is 31.9. The van der Waals surface area contributed by atoms with E-state index in [9.17, 15) is 0 Å². The maximum absolute atomic E-state index is 8.82. The molecule has 0 aromatic carbocycles. The number of hydrogen-bond donors (Lipinski definition) is 2. The van der Waals surface area contributed by atoms with E-state index in [-0.39, 0.29) is 41.7 Å². The Morgan fingerprint density at radius 2 is 1.17 bits per heavy atom. The van der Waals surface area contributed by atoms with Crippen molar-refractivity contribution >= 4 is 0 Å². The minimum absolute atomic E-state index is 0. The van der Waals surface area contributed by atoms with Gasteiger partial charge in [0.05, 0.1) is 0 Å². The van der Waals surface area contributed by atoms with Gasteiger partial charge in [-0.05, 0) is 0 Å². The third-order valence-corrected chi connectivity index (χ3v) is 0. The molecule has 0 atom stereocenters. The molecular weight excluding hydrogens is 256 g/mol. The fraction of sp³-hybridized carbons (Fsp3) is 0. The van der Waals surface area contributed by atoms with Gasteiger partial charge in [-0.1, -0.05) is 0 Å². The first-order valence-electron chi connectivity index (χ1n) is 0.698. The van der Waals surface area contributed by atoms with Crippen molar-refractivity contribution in [1.29, 1.82) is 0 Å². The van der Waals surface area contributed by atoms with E-state index < -0.39 is 13.6 Å². The third kappa shape index (κ3) is 52.1. The molecule has 0 aliphatic heterocycles. The molecule has 0 radical (unpaired) electrons. The molecule has 0 fully saturated rings. The Balaban J connectivity index is 0. The van der Waals surface area contributed by atoms with Gasteiger partial charge in [0.1, 0.15) is 0 Å². The number of hydrogen-bond acceptors (Lipinski definition) is 2. The Kier molecular flexibility index (Phi) is 5.96. The van der Waals surface area contributed by atoms with Gasteiger partial charge in [-0.3, -0.25) is 0 Å².